The number of rotatable bonds is 5. The summed E-state index contributed by atoms with van der Waals surface area (Å²) in [6.45, 7) is 2.18. The second-order valence-electron chi connectivity index (χ2n) is 12.0. The summed E-state index contributed by atoms with van der Waals surface area (Å²) in [6.07, 6.45) is 7.39. The Morgan fingerprint density at radius 2 is 1.07 bits per heavy atom. The fourth-order valence-electron chi connectivity index (χ4n) is 7.60. The van der Waals surface area contributed by atoms with Crippen LogP contribution in [0.4, 0.5) is 32.8 Å². The normalized spacial score (nSPS) is 30.4. The first-order valence-corrected chi connectivity index (χ1v) is 15.0. The first-order valence-electron chi connectivity index (χ1n) is 15.0. The van der Waals surface area contributed by atoms with Gasteiger partial charge in [-0.1, -0.05) is 12.1 Å². The van der Waals surface area contributed by atoms with Crippen molar-refractivity contribution >= 4 is 28.4 Å². The molecule has 0 amide bonds. The van der Waals surface area contributed by atoms with E-state index in [0.29, 0.717) is 12.1 Å². The van der Waals surface area contributed by atoms with Gasteiger partial charge in [-0.3, -0.25) is 0 Å². The van der Waals surface area contributed by atoms with Crippen molar-refractivity contribution in [3.8, 4) is 0 Å². The smallest absolute Gasteiger partial charge is 0.123 e. The number of nitrogens with zero attached hydrogens (tertiary/aromatic N) is 1. The number of nitrogens with one attached hydrogen (secondary N) is 6. The predicted molar refractivity (Wildman–Crippen MR) is 161 cm³/mol. The van der Waals surface area contributed by atoms with E-state index < -0.39 is 0 Å². The Kier molecular flexibility index (Phi) is 5.99. The lowest BCUT2D eigenvalue weighted by molar-refractivity contribution is 0.554. The van der Waals surface area contributed by atoms with Crippen LogP contribution < -0.4 is 36.8 Å². The maximum absolute atomic E-state index is 14.0. The van der Waals surface area contributed by atoms with Crippen LogP contribution >= 0.6 is 0 Å². The van der Waals surface area contributed by atoms with E-state index in [1.165, 1.54) is 59.6 Å². The zero-order valence-corrected chi connectivity index (χ0v) is 22.7. The molecule has 5 aliphatic heterocycles. The number of hydrogen-bond donors (Lipinski definition) is 6. The number of anilines is 5. The maximum atomic E-state index is 14.0. The largest absolute Gasteiger partial charge is 0.362 e. The molecular weight excluding hydrogens is 501 g/mol. The number of benzene rings is 3. The molecule has 0 bridgehead atoms. The first-order chi connectivity index (χ1) is 19.7. The van der Waals surface area contributed by atoms with E-state index in [1.54, 1.807) is 12.1 Å². The van der Waals surface area contributed by atoms with Crippen molar-refractivity contribution in [2.75, 3.05) is 39.3 Å². The Labute approximate surface area is 235 Å². The van der Waals surface area contributed by atoms with Crippen LogP contribution in [0.5, 0.6) is 0 Å². The van der Waals surface area contributed by atoms with Crippen molar-refractivity contribution in [3.63, 3.8) is 0 Å². The van der Waals surface area contributed by atoms with Gasteiger partial charge in [0.05, 0.1) is 34.8 Å². The molecule has 8 rings (SSSR count). The van der Waals surface area contributed by atoms with Gasteiger partial charge in [-0.25, -0.2) is 4.39 Å². The Morgan fingerprint density at radius 3 is 1.55 bits per heavy atom. The minimum absolute atomic E-state index is 0.199. The summed E-state index contributed by atoms with van der Waals surface area (Å²) in [4.78, 5) is 2.51. The molecule has 5 aliphatic rings. The van der Waals surface area contributed by atoms with Crippen molar-refractivity contribution in [2.24, 2.45) is 0 Å². The second kappa shape index (κ2) is 9.85. The van der Waals surface area contributed by atoms with E-state index >= 15 is 0 Å². The summed E-state index contributed by atoms with van der Waals surface area (Å²) >= 11 is 0. The maximum Gasteiger partial charge on any atom is 0.123 e. The van der Waals surface area contributed by atoms with E-state index in [1.807, 2.05) is 12.1 Å². The lowest BCUT2D eigenvalue weighted by Crippen LogP contribution is -2.42. The van der Waals surface area contributed by atoms with Crippen LogP contribution in [0, 0.1) is 5.82 Å². The highest BCUT2D eigenvalue weighted by Gasteiger charge is 2.38. The molecule has 4 unspecified atom stereocenters. The minimum Gasteiger partial charge on any atom is -0.362 e. The molecule has 0 spiro atoms. The zero-order valence-electron chi connectivity index (χ0n) is 22.7. The monoisotopic (exact) mass is 539 g/mol. The van der Waals surface area contributed by atoms with E-state index in [2.05, 4.69) is 73.2 Å². The van der Waals surface area contributed by atoms with Crippen LogP contribution in [0.25, 0.3) is 0 Å². The number of hydrogen-bond acceptors (Lipinski definition) is 7. The van der Waals surface area contributed by atoms with Gasteiger partial charge in [-0.15, -0.1) is 0 Å². The van der Waals surface area contributed by atoms with E-state index in [-0.39, 0.29) is 30.2 Å². The van der Waals surface area contributed by atoms with E-state index in [0.717, 1.165) is 31.6 Å². The van der Waals surface area contributed by atoms with Gasteiger partial charge in [-0.05, 0) is 111 Å². The predicted octanol–water partition coefficient (Wildman–Crippen LogP) is 5.74. The molecule has 3 fully saturated rings. The van der Waals surface area contributed by atoms with Crippen molar-refractivity contribution in [2.45, 2.75) is 75.0 Å². The van der Waals surface area contributed by atoms with Crippen molar-refractivity contribution in [1.82, 2.24) is 10.6 Å². The molecule has 3 aromatic carbocycles. The van der Waals surface area contributed by atoms with Crippen molar-refractivity contribution in [1.29, 1.82) is 0 Å². The Morgan fingerprint density at radius 1 is 0.575 bits per heavy atom. The van der Waals surface area contributed by atoms with Crippen LogP contribution in [-0.2, 0) is 0 Å². The molecule has 3 aromatic rings. The van der Waals surface area contributed by atoms with Crippen LogP contribution in [-0.4, -0.2) is 37.5 Å². The Balaban J connectivity index is 1.09. The van der Waals surface area contributed by atoms with E-state index in [9.17, 15) is 4.39 Å². The summed E-state index contributed by atoms with van der Waals surface area (Å²) in [5.74, 6) is -0.199. The molecule has 6 N–H and O–H groups in total. The summed E-state index contributed by atoms with van der Waals surface area (Å²) < 4.78 is 14.0. The van der Waals surface area contributed by atoms with Crippen LogP contribution in [0.2, 0.25) is 0 Å². The number of halogens is 1. The SMILES string of the molecule is Fc1ccc(N2C(c3ccc4c(c3)NC([C@@H]3CCCN3)N4)CCC2c2ccc3c(c2)NC([C@@H]2CCCN2)N3)cc1. The lowest BCUT2D eigenvalue weighted by Gasteiger charge is -2.33. The van der Waals surface area contributed by atoms with Crippen LogP contribution in [0.15, 0.2) is 60.7 Å². The third-order valence-corrected chi connectivity index (χ3v) is 9.61. The Hall–Kier alpha value is -3.49. The molecule has 0 aliphatic carbocycles. The zero-order chi connectivity index (χ0) is 26.6. The molecule has 5 heterocycles. The van der Waals surface area contributed by atoms with Gasteiger partial charge >= 0.3 is 0 Å². The molecule has 0 radical (unpaired) electrons. The highest BCUT2D eigenvalue weighted by molar-refractivity contribution is 5.77. The quantitative estimate of drug-likeness (QED) is 0.247. The Bertz CT molecular complexity index is 1300. The highest BCUT2D eigenvalue weighted by Crippen LogP contribution is 2.49. The lowest BCUT2D eigenvalue weighted by atomic mass is 10.0. The third-order valence-electron chi connectivity index (χ3n) is 9.61. The summed E-state index contributed by atoms with van der Waals surface area (Å²) in [7, 11) is 0. The molecule has 8 heteroatoms. The molecule has 0 aromatic heterocycles. The minimum atomic E-state index is -0.199. The second-order valence-corrected chi connectivity index (χ2v) is 12.0. The van der Waals surface area contributed by atoms with Gasteiger partial charge in [0, 0.05) is 17.8 Å². The first kappa shape index (κ1) is 24.3. The van der Waals surface area contributed by atoms with Gasteiger partial charge in [-0.2, -0.15) is 0 Å². The van der Waals surface area contributed by atoms with E-state index in [4.69, 9.17) is 0 Å². The summed E-state index contributed by atoms with van der Waals surface area (Å²) in [5.41, 5.74) is 8.37. The number of fused-ring (bicyclic) bond motifs is 2. The average molecular weight is 540 g/mol. The molecule has 0 saturated carbocycles. The standard InChI is InChI=1S/C32H38FN7/c33-21-7-9-22(10-8-21)40-29(19-5-11-23-27(17-19)38-31(36-23)25-3-1-15-34-25)13-14-30(40)20-6-12-24-28(18-20)39-32(37-24)26-4-2-16-35-26/h5-12,17-18,25-26,29-32,34-39H,1-4,13-16H2/t25-,26-,29?,30?,31?,32?/m0/s1. The van der Waals surface area contributed by atoms with Crippen LogP contribution in [0.3, 0.4) is 0 Å². The molecule has 3 saturated heterocycles. The summed E-state index contributed by atoms with van der Waals surface area (Å²) in [6, 6.07) is 22.0. The van der Waals surface area contributed by atoms with Gasteiger partial charge in [0.25, 0.3) is 0 Å². The topological polar surface area (TPSA) is 75.4 Å². The molecular formula is C32H38FN7. The van der Waals surface area contributed by atoms with Crippen LogP contribution in [0.1, 0.15) is 61.7 Å². The molecule has 6 atom stereocenters. The fraction of sp³-hybridized carbons (Fsp3) is 0.438. The highest BCUT2D eigenvalue weighted by atomic mass is 19.1. The average Bonchev–Trinajstić information content (AvgIpc) is 3.81. The third kappa shape index (κ3) is 4.25. The fourth-order valence-corrected chi connectivity index (χ4v) is 7.60. The molecule has 208 valence electrons. The van der Waals surface area contributed by atoms with Crippen molar-refractivity contribution < 1.29 is 4.39 Å². The van der Waals surface area contributed by atoms with Crippen molar-refractivity contribution in [3.05, 3.63) is 77.6 Å². The molecule has 7 nitrogen and oxygen atoms in total. The van der Waals surface area contributed by atoms with Gasteiger partial charge in [0.1, 0.15) is 18.1 Å². The van der Waals surface area contributed by atoms with Gasteiger partial charge < -0.3 is 36.8 Å². The van der Waals surface area contributed by atoms with Gasteiger partial charge in [0.15, 0.2) is 0 Å². The van der Waals surface area contributed by atoms with Gasteiger partial charge in [0.2, 0.25) is 0 Å². The summed E-state index contributed by atoms with van der Waals surface area (Å²) in [5, 5.41) is 22.1. The molecule has 40 heavy (non-hydrogen) atoms.